The van der Waals surface area contributed by atoms with E-state index in [1.165, 1.54) is 0 Å². The molecule has 0 aromatic heterocycles. The quantitative estimate of drug-likeness (QED) is 0.845. The summed E-state index contributed by atoms with van der Waals surface area (Å²) in [6.45, 7) is 0.560. The minimum atomic E-state index is 0.513. The van der Waals surface area contributed by atoms with Gasteiger partial charge in [-0.1, -0.05) is 17.7 Å². The van der Waals surface area contributed by atoms with Gasteiger partial charge in [0.2, 0.25) is 0 Å². The van der Waals surface area contributed by atoms with E-state index in [9.17, 15) is 0 Å². The number of rotatable bonds is 4. The fourth-order valence-corrected chi connectivity index (χ4v) is 2.03. The Kier molecular flexibility index (Phi) is 4.34. The van der Waals surface area contributed by atoms with Gasteiger partial charge in [0.15, 0.2) is 0 Å². The number of nitrogen functional groups attached to an aromatic ring is 1. The van der Waals surface area contributed by atoms with E-state index >= 15 is 0 Å². The molecule has 0 bridgehead atoms. The Morgan fingerprint density at radius 3 is 2.75 bits per heavy atom. The molecule has 3 N–H and O–H groups in total. The highest BCUT2D eigenvalue weighted by Crippen LogP contribution is 2.24. The highest BCUT2D eigenvalue weighted by molar-refractivity contribution is 6.30. The van der Waals surface area contributed by atoms with Crippen LogP contribution < -0.4 is 15.8 Å². The molecule has 0 spiro atoms. The average molecular weight is 288 g/mol. The highest BCUT2D eigenvalue weighted by atomic mass is 35.5. The smallest absolute Gasteiger partial charge is 0.141 e. The molecule has 20 heavy (non-hydrogen) atoms. The minimum Gasteiger partial charge on any atom is -0.495 e. The van der Waals surface area contributed by atoms with Crippen LogP contribution in [0.2, 0.25) is 5.02 Å². The number of nitrogens with one attached hydrogen (secondary N) is 1. The standard InChI is InChI=1S/C15H14ClN3O/c1-20-15-5-2-10(6-13(15)18)9-19-14-4-3-12(16)7-11(14)8-17/h2-7,19H,9,18H2,1H3. The molecule has 0 heterocycles. The number of methoxy groups -OCH3 is 1. The van der Waals surface area contributed by atoms with Crippen molar-refractivity contribution in [2.75, 3.05) is 18.2 Å². The van der Waals surface area contributed by atoms with Crippen LogP contribution in [0.5, 0.6) is 5.75 Å². The fraction of sp³-hybridized carbons (Fsp3) is 0.133. The molecule has 0 aliphatic heterocycles. The molecule has 0 aliphatic rings. The number of halogens is 1. The molecule has 0 radical (unpaired) electrons. The Balaban J connectivity index is 2.13. The van der Waals surface area contributed by atoms with E-state index in [0.717, 1.165) is 11.3 Å². The first kappa shape index (κ1) is 14.0. The normalized spacial score (nSPS) is 9.85. The van der Waals surface area contributed by atoms with Crippen molar-refractivity contribution in [3.8, 4) is 11.8 Å². The van der Waals surface area contributed by atoms with E-state index in [1.807, 2.05) is 18.2 Å². The lowest BCUT2D eigenvalue weighted by Crippen LogP contribution is -2.02. The van der Waals surface area contributed by atoms with Crippen molar-refractivity contribution < 1.29 is 4.74 Å². The summed E-state index contributed by atoms with van der Waals surface area (Å²) in [5.74, 6) is 0.651. The summed E-state index contributed by atoms with van der Waals surface area (Å²) < 4.78 is 5.11. The van der Waals surface area contributed by atoms with Gasteiger partial charge in [-0.05, 0) is 35.9 Å². The molecule has 0 fully saturated rings. The molecule has 5 heteroatoms. The molecule has 102 valence electrons. The summed E-state index contributed by atoms with van der Waals surface area (Å²) in [5.41, 5.74) is 8.70. The summed E-state index contributed by atoms with van der Waals surface area (Å²) in [7, 11) is 1.58. The molecular formula is C15H14ClN3O. The van der Waals surface area contributed by atoms with Gasteiger partial charge in [0.25, 0.3) is 0 Å². The van der Waals surface area contributed by atoms with Gasteiger partial charge in [-0.15, -0.1) is 0 Å². The van der Waals surface area contributed by atoms with Gasteiger partial charge >= 0.3 is 0 Å². The number of benzene rings is 2. The van der Waals surface area contributed by atoms with Crippen LogP contribution in [0.3, 0.4) is 0 Å². The van der Waals surface area contributed by atoms with Gasteiger partial charge in [0.05, 0.1) is 24.0 Å². The van der Waals surface area contributed by atoms with Crippen molar-refractivity contribution in [1.82, 2.24) is 0 Å². The summed E-state index contributed by atoms with van der Waals surface area (Å²) in [4.78, 5) is 0. The lowest BCUT2D eigenvalue weighted by Gasteiger charge is -2.10. The van der Waals surface area contributed by atoms with Crippen molar-refractivity contribution in [3.05, 3.63) is 52.5 Å². The molecule has 2 rings (SSSR count). The minimum absolute atomic E-state index is 0.513. The highest BCUT2D eigenvalue weighted by Gasteiger charge is 2.04. The first-order valence-corrected chi connectivity index (χ1v) is 6.37. The SMILES string of the molecule is COc1ccc(CNc2ccc(Cl)cc2C#N)cc1N. The van der Waals surface area contributed by atoms with Crippen molar-refractivity contribution in [1.29, 1.82) is 5.26 Å². The fourth-order valence-electron chi connectivity index (χ4n) is 1.85. The first-order chi connectivity index (χ1) is 9.63. The Bertz CT molecular complexity index is 665. The van der Waals surface area contributed by atoms with Gasteiger partial charge in [-0.25, -0.2) is 0 Å². The molecule has 2 aromatic rings. The van der Waals surface area contributed by atoms with E-state index in [0.29, 0.717) is 28.6 Å². The number of nitrogens with zero attached hydrogens (tertiary/aromatic N) is 1. The second-order valence-corrected chi connectivity index (χ2v) is 4.67. The van der Waals surface area contributed by atoms with Gasteiger partial charge in [-0.3, -0.25) is 0 Å². The van der Waals surface area contributed by atoms with Crippen molar-refractivity contribution in [3.63, 3.8) is 0 Å². The molecule has 0 saturated carbocycles. The van der Waals surface area contributed by atoms with E-state index in [-0.39, 0.29) is 0 Å². The second-order valence-electron chi connectivity index (χ2n) is 4.23. The largest absolute Gasteiger partial charge is 0.495 e. The van der Waals surface area contributed by atoms with Crippen LogP contribution in [-0.2, 0) is 6.54 Å². The lowest BCUT2D eigenvalue weighted by molar-refractivity contribution is 0.417. The number of anilines is 2. The number of nitriles is 1. The molecule has 4 nitrogen and oxygen atoms in total. The van der Waals surface area contributed by atoms with Gasteiger partial charge < -0.3 is 15.8 Å². The van der Waals surface area contributed by atoms with E-state index < -0.39 is 0 Å². The number of ether oxygens (including phenoxy) is 1. The lowest BCUT2D eigenvalue weighted by atomic mass is 10.1. The van der Waals surface area contributed by atoms with Crippen molar-refractivity contribution in [2.24, 2.45) is 0 Å². The van der Waals surface area contributed by atoms with Crippen LogP contribution >= 0.6 is 11.6 Å². The number of hydrogen-bond acceptors (Lipinski definition) is 4. The second kappa shape index (κ2) is 6.18. The third-order valence-corrected chi connectivity index (χ3v) is 3.11. The molecule has 2 aromatic carbocycles. The van der Waals surface area contributed by atoms with Gasteiger partial charge in [0, 0.05) is 11.6 Å². The molecule has 0 amide bonds. The van der Waals surface area contributed by atoms with Crippen LogP contribution in [-0.4, -0.2) is 7.11 Å². The Labute approximate surface area is 122 Å². The molecule has 0 unspecified atom stereocenters. The van der Waals surface area contributed by atoms with Crippen molar-refractivity contribution in [2.45, 2.75) is 6.54 Å². The van der Waals surface area contributed by atoms with E-state index in [2.05, 4.69) is 11.4 Å². The van der Waals surface area contributed by atoms with Crippen LogP contribution in [0.25, 0.3) is 0 Å². The first-order valence-electron chi connectivity index (χ1n) is 6.00. The Morgan fingerprint density at radius 2 is 2.10 bits per heavy atom. The maximum absolute atomic E-state index is 9.07. The molecule has 0 saturated heterocycles. The topological polar surface area (TPSA) is 71.1 Å². The summed E-state index contributed by atoms with van der Waals surface area (Å²) in [6, 6.07) is 12.9. The monoisotopic (exact) mass is 287 g/mol. The van der Waals surface area contributed by atoms with Gasteiger partial charge in [0.1, 0.15) is 11.8 Å². The predicted molar refractivity (Wildman–Crippen MR) is 80.9 cm³/mol. The van der Waals surface area contributed by atoms with E-state index in [4.69, 9.17) is 27.3 Å². The third kappa shape index (κ3) is 3.14. The summed E-state index contributed by atoms with van der Waals surface area (Å²) in [5, 5.41) is 12.8. The van der Waals surface area contributed by atoms with Crippen LogP contribution in [0.15, 0.2) is 36.4 Å². The summed E-state index contributed by atoms with van der Waals surface area (Å²) in [6.07, 6.45) is 0. The number of hydrogen-bond donors (Lipinski definition) is 2. The third-order valence-electron chi connectivity index (χ3n) is 2.88. The molecular weight excluding hydrogens is 274 g/mol. The Hall–Kier alpha value is -2.38. The maximum Gasteiger partial charge on any atom is 0.141 e. The molecule has 0 atom stereocenters. The number of nitrogens with two attached hydrogens (primary N) is 1. The van der Waals surface area contributed by atoms with Crippen LogP contribution in [0.1, 0.15) is 11.1 Å². The zero-order chi connectivity index (χ0) is 14.5. The maximum atomic E-state index is 9.07. The van der Waals surface area contributed by atoms with E-state index in [1.54, 1.807) is 25.3 Å². The molecule has 0 aliphatic carbocycles. The average Bonchev–Trinajstić information content (AvgIpc) is 2.46. The van der Waals surface area contributed by atoms with Crippen LogP contribution in [0, 0.1) is 11.3 Å². The predicted octanol–water partition coefficient (Wildman–Crippen LogP) is 3.41. The zero-order valence-corrected chi connectivity index (χ0v) is 11.7. The van der Waals surface area contributed by atoms with Gasteiger partial charge in [-0.2, -0.15) is 5.26 Å². The summed E-state index contributed by atoms with van der Waals surface area (Å²) >= 11 is 5.86. The Morgan fingerprint density at radius 1 is 1.30 bits per heavy atom. The van der Waals surface area contributed by atoms with Crippen LogP contribution in [0.4, 0.5) is 11.4 Å². The van der Waals surface area contributed by atoms with Crippen molar-refractivity contribution >= 4 is 23.0 Å². The zero-order valence-electron chi connectivity index (χ0n) is 11.0.